The Morgan fingerprint density at radius 2 is 2.26 bits per heavy atom. The molecule has 0 aliphatic heterocycles. The number of nitrogens with zero attached hydrogens (tertiary/aromatic N) is 3. The van der Waals surface area contributed by atoms with Gasteiger partial charge in [0.15, 0.2) is 5.69 Å². The van der Waals surface area contributed by atoms with E-state index < -0.39 is 5.97 Å². The zero-order valence-corrected chi connectivity index (χ0v) is 13.4. The van der Waals surface area contributed by atoms with E-state index in [1.54, 1.807) is 11.3 Å². The number of rotatable bonds is 2. The number of aromatic nitrogens is 3. The number of aromatic carboxylic acids is 1. The fourth-order valence-electron chi connectivity index (χ4n) is 4.35. The Balaban J connectivity index is 1.80. The highest BCUT2D eigenvalue weighted by atomic mass is 32.1. The molecule has 2 bridgehead atoms. The molecule has 0 spiro atoms. The minimum Gasteiger partial charge on any atom is -0.476 e. The van der Waals surface area contributed by atoms with Gasteiger partial charge in [-0.05, 0) is 37.3 Å². The van der Waals surface area contributed by atoms with Crippen molar-refractivity contribution in [3.8, 4) is 5.13 Å². The number of benzene rings is 1. The zero-order valence-electron chi connectivity index (χ0n) is 12.6. The van der Waals surface area contributed by atoms with E-state index in [0.29, 0.717) is 5.92 Å². The van der Waals surface area contributed by atoms with Crippen LogP contribution in [0.15, 0.2) is 24.3 Å². The maximum Gasteiger partial charge on any atom is 0.356 e. The van der Waals surface area contributed by atoms with Crippen molar-refractivity contribution in [2.45, 2.75) is 37.5 Å². The fourth-order valence-corrected chi connectivity index (χ4v) is 5.27. The van der Waals surface area contributed by atoms with Gasteiger partial charge < -0.3 is 5.11 Å². The molecule has 0 saturated heterocycles. The van der Waals surface area contributed by atoms with Gasteiger partial charge in [0.25, 0.3) is 0 Å². The molecule has 23 heavy (non-hydrogen) atoms. The molecule has 2 atom stereocenters. The number of carboxylic acid groups (broad SMARTS) is 1. The van der Waals surface area contributed by atoms with E-state index in [1.165, 1.54) is 0 Å². The number of carboxylic acids is 1. The van der Waals surface area contributed by atoms with Gasteiger partial charge in [-0.1, -0.05) is 30.4 Å². The minimum absolute atomic E-state index is 0.0263. The zero-order chi connectivity index (χ0) is 15.8. The maximum atomic E-state index is 11.7. The number of hydrogen-bond acceptors (Lipinski definition) is 4. The summed E-state index contributed by atoms with van der Waals surface area (Å²) in [6.07, 6.45) is 3.20. The second kappa shape index (κ2) is 4.20. The minimum atomic E-state index is -0.933. The monoisotopic (exact) mass is 325 g/mol. The molecule has 3 aromatic rings. The van der Waals surface area contributed by atoms with Crippen LogP contribution in [-0.2, 0) is 5.41 Å². The van der Waals surface area contributed by atoms with Gasteiger partial charge in [-0.2, -0.15) is 5.10 Å². The Kier molecular flexibility index (Phi) is 2.42. The Morgan fingerprint density at radius 3 is 3.04 bits per heavy atom. The lowest BCUT2D eigenvalue weighted by Gasteiger charge is -2.22. The molecular formula is C17H15N3O2S. The summed E-state index contributed by atoms with van der Waals surface area (Å²) in [5, 5.41) is 14.8. The van der Waals surface area contributed by atoms with Gasteiger partial charge in [0.05, 0.1) is 15.9 Å². The van der Waals surface area contributed by atoms with Crippen molar-refractivity contribution in [1.29, 1.82) is 0 Å². The lowest BCUT2D eigenvalue weighted by atomic mass is 9.85. The van der Waals surface area contributed by atoms with Gasteiger partial charge in [0.1, 0.15) is 0 Å². The Hall–Kier alpha value is -2.21. The van der Waals surface area contributed by atoms with E-state index in [0.717, 1.165) is 45.9 Å². The number of fused-ring (bicyclic) bond motifs is 6. The molecule has 0 radical (unpaired) electrons. The van der Waals surface area contributed by atoms with Gasteiger partial charge in [-0.15, -0.1) is 0 Å². The van der Waals surface area contributed by atoms with Crippen molar-refractivity contribution in [1.82, 2.24) is 14.8 Å². The topological polar surface area (TPSA) is 68.0 Å². The maximum absolute atomic E-state index is 11.7. The predicted molar refractivity (Wildman–Crippen MR) is 87.6 cm³/mol. The molecule has 2 heterocycles. The lowest BCUT2D eigenvalue weighted by molar-refractivity contribution is 0.0688. The standard InChI is InChI=1S/C17H15N3O2S/c1-17-7-6-9(8-17)12-13(15(21)22)19-20(14(12)17)16-18-10-4-2-3-5-11(10)23-16/h2-5,9H,6-8H2,1H3,(H,21,22)/t9-,17+/m0/s1. The normalized spacial score (nSPS) is 25.2. The van der Waals surface area contributed by atoms with Crippen LogP contribution in [0.4, 0.5) is 0 Å². The highest BCUT2D eigenvalue weighted by Crippen LogP contribution is 2.58. The molecule has 6 heteroatoms. The number of para-hydroxylation sites is 1. The second-order valence-electron chi connectivity index (χ2n) is 6.79. The Labute approximate surface area is 136 Å². The van der Waals surface area contributed by atoms with Crippen LogP contribution in [0.1, 0.15) is 53.8 Å². The SMILES string of the molecule is C[C@@]12CC[C@@H](C1)c1c(C(=O)O)nn(-c3nc4ccccc4s3)c12. The molecule has 1 fully saturated rings. The highest BCUT2D eigenvalue weighted by molar-refractivity contribution is 7.20. The molecule has 1 saturated carbocycles. The fraction of sp³-hybridized carbons (Fsp3) is 0.353. The first kappa shape index (κ1) is 13.2. The quantitative estimate of drug-likeness (QED) is 0.780. The van der Waals surface area contributed by atoms with Crippen molar-refractivity contribution in [3.63, 3.8) is 0 Å². The summed E-state index contributed by atoms with van der Waals surface area (Å²) >= 11 is 1.56. The second-order valence-corrected chi connectivity index (χ2v) is 7.80. The largest absolute Gasteiger partial charge is 0.476 e. The summed E-state index contributed by atoms with van der Waals surface area (Å²) < 4.78 is 2.90. The highest BCUT2D eigenvalue weighted by Gasteiger charge is 2.51. The van der Waals surface area contributed by atoms with Crippen molar-refractivity contribution < 1.29 is 9.90 Å². The summed E-state index contributed by atoms with van der Waals surface area (Å²) in [6, 6.07) is 7.96. The van der Waals surface area contributed by atoms with Crippen molar-refractivity contribution >= 4 is 27.5 Å². The summed E-state index contributed by atoms with van der Waals surface area (Å²) in [5.74, 6) is -0.596. The smallest absolute Gasteiger partial charge is 0.356 e. The van der Waals surface area contributed by atoms with Crippen LogP contribution in [0.2, 0.25) is 0 Å². The van der Waals surface area contributed by atoms with Gasteiger partial charge in [0.2, 0.25) is 5.13 Å². The molecule has 0 unspecified atom stereocenters. The van der Waals surface area contributed by atoms with E-state index in [4.69, 9.17) is 0 Å². The van der Waals surface area contributed by atoms with Crippen LogP contribution in [0.3, 0.4) is 0 Å². The summed E-state index contributed by atoms with van der Waals surface area (Å²) in [6.45, 7) is 2.23. The van der Waals surface area contributed by atoms with Crippen molar-refractivity contribution in [2.24, 2.45) is 0 Å². The van der Waals surface area contributed by atoms with E-state index in [2.05, 4.69) is 17.0 Å². The molecule has 5 nitrogen and oxygen atoms in total. The van der Waals surface area contributed by atoms with Crippen molar-refractivity contribution in [2.75, 3.05) is 0 Å². The summed E-state index contributed by atoms with van der Waals surface area (Å²) in [4.78, 5) is 16.3. The molecule has 2 aromatic heterocycles. The average Bonchev–Trinajstić information content (AvgIpc) is 3.24. The third-order valence-electron chi connectivity index (χ3n) is 5.31. The molecule has 0 amide bonds. The van der Waals surface area contributed by atoms with Crippen LogP contribution in [-0.4, -0.2) is 25.8 Å². The Bertz CT molecular complexity index is 941. The van der Waals surface area contributed by atoms with Crippen LogP contribution in [0.5, 0.6) is 0 Å². The molecule has 2 aliphatic carbocycles. The van der Waals surface area contributed by atoms with E-state index in [1.807, 2.05) is 28.9 Å². The van der Waals surface area contributed by atoms with Gasteiger partial charge in [-0.25, -0.2) is 14.5 Å². The van der Waals surface area contributed by atoms with E-state index in [9.17, 15) is 9.90 Å². The first-order valence-corrected chi connectivity index (χ1v) is 8.61. The van der Waals surface area contributed by atoms with Crippen LogP contribution in [0.25, 0.3) is 15.3 Å². The Morgan fingerprint density at radius 1 is 1.43 bits per heavy atom. The summed E-state index contributed by atoms with van der Waals surface area (Å²) in [5.41, 5.74) is 3.20. The average molecular weight is 325 g/mol. The van der Waals surface area contributed by atoms with Crippen LogP contribution < -0.4 is 0 Å². The third kappa shape index (κ3) is 1.64. The molecular weight excluding hydrogens is 310 g/mol. The van der Waals surface area contributed by atoms with Crippen LogP contribution in [0, 0.1) is 0 Å². The molecule has 5 rings (SSSR count). The van der Waals surface area contributed by atoms with Crippen molar-refractivity contribution in [3.05, 3.63) is 41.2 Å². The number of thiazole rings is 1. The third-order valence-corrected chi connectivity index (χ3v) is 6.32. The first-order chi connectivity index (χ1) is 11.1. The van der Waals surface area contributed by atoms with Crippen LogP contribution >= 0.6 is 11.3 Å². The molecule has 1 N–H and O–H groups in total. The molecule has 1 aromatic carbocycles. The predicted octanol–water partition coefficient (Wildman–Crippen LogP) is 3.72. The summed E-state index contributed by atoms with van der Waals surface area (Å²) in [7, 11) is 0. The van der Waals surface area contributed by atoms with Gasteiger partial charge in [0, 0.05) is 11.0 Å². The van der Waals surface area contributed by atoms with Gasteiger partial charge >= 0.3 is 5.97 Å². The van der Waals surface area contributed by atoms with E-state index >= 15 is 0 Å². The first-order valence-electron chi connectivity index (χ1n) is 7.79. The lowest BCUT2D eigenvalue weighted by Crippen LogP contribution is -2.20. The molecule has 116 valence electrons. The number of hydrogen-bond donors (Lipinski definition) is 1. The number of carbonyl (C=O) groups is 1. The van der Waals surface area contributed by atoms with E-state index in [-0.39, 0.29) is 11.1 Å². The molecule has 2 aliphatic rings. The van der Waals surface area contributed by atoms with Gasteiger partial charge in [-0.3, -0.25) is 0 Å².